The van der Waals surface area contributed by atoms with Crippen molar-refractivity contribution in [2.24, 2.45) is 0 Å². The fourth-order valence-corrected chi connectivity index (χ4v) is 3.03. The lowest BCUT2D eigenvalue weighted by Gasteiger charge is -2.15. The first-order chi connectivity index (χ1) is 12.2. The van der Waals surface area contributed by atoms with Crippen molar-refractivity contribution >= 4 is 27.3 Å². The third-order valence-electron chi connectivity index (χ3n) is 3.65. The summed E-state index contributed by atoms with van der Waals surface area (Å²) in [5.74, 6) is 0.579. The molecule has 1 amide bonds. The second-order valence-corrected chi connectivity index (χ2v) is 8.20. The van der Waals surface area contributed by atoms with Gasteiger partial charge in [-0.25, -0.2) is 8.42 Å². The van der Waals surface area contributed by atoms with Gasteiger partial charge in [0.15, 0.2) is 6.61 Å². The molecule has 0 fully saturated rings. The van der Waals surface area contributed by atoms with Crippen LogP contribution < -0.4 is 14.8 Å². The number of sulfonamides is 1. The van der Waals surface area contributed by atoms with E-state index in [1.807, 2.05) is 25.1 Å². The second-order valence-electron chi connectivity index (χ2n) is 6.45. The van der Waals surface area contributed by atoms with Crippen LogP contribution in [0.3, 0.4) is 0 Å². The third-order valence-corrected chi connectivity index (χ3v) is 4.24. The van der Waals surface area contributed by atoms with Crippen molar-refractivity contribution in [3.8, 4) is 5.75 Å². The standard InChI is InChI=1S/C19H24N2O4S/c1-13(2)15-10-9-14(3)11-18(15)25-12-19(22)20-16-7-5-6-8-17(16)21-26(4,23)24/h5-11,13,21H,12H2,1-4H3,(H,20,22). The molecule has 2 N–H and O–H groups in total. The molecule has 0 aliphatic rings. The Hall–Kier alpha value is -2.54. The first kappa shape index (κ1) is 19.8. The Morgan fingerprint density at radius 2 is 1.77 bits per heavy atom. The van der Waals surface area contributed by atoms with E-state index < -0.39 is 10.0 Å². The van der Waals surface area contributed by atoms with Crippen molar-refractivity contribution in [3.63, 3.8) is 0 Å². The normalized spacial score (nSPS) is 11.3. The van der Waals surface area contributed by atoms with Crippen LogP contribution in [0.2, 0.25) is 0 Å². The van der Waals surface area contributed by atoms with Crippen LogP contribution >= 0.6 is 0 Å². The van der Waals surface area contributed by atoms with Crippen LogP contribution in [0.5, 0.6) is 5.75 Å². The molecule has 0 aliphatic heterocycles. The van der Waals surface area contributed by atoms with Gasteiger partial charge in [-0.15, -0.1) is 0 Å². The third kappa shape index (κ3) is 5.77. The van der Waals surface area contributed by atoms with Gasteiger partial charge in [-0.2, -0.15) is 0 Å². The summed E-state index contributed by atoms with van der Waals surface area (Å²) in [4.78, 5) is 12.3. The number of nitrogens with one attached hydrogen (secondary N) is 2. The molecular formula is C19H24N2O4S. The summed E-state index contributed by atoms with van der Waals surface area (Å²) in [6.07, 6.45) is 1.06. The molecule has 6 nitrogen and oxygen atoms in total. The first-order valence-electron chi connectivity index (χ1n) is 8.25. The number of carbonyl (C=O) groups is 1. The van der Waals surface area contributed by atoms with Crippen molar-refractivity contribution in [1.82, 2.24) is 0 Å². The Labute approximate surface area is 154 Å². The molecule has 0 spiro atoms. The molecule has 0 bridgehead atoms. The highest BCUT2D eigenvalue weighted by Crippen LogP contribution is 2.27. The smallest absolute Gasteiger partial charge is 0.262 e. The van der Waals surface area contributed by atoms with Crippen LogP contribution in [-0.2, 0) is 14.8 Å². The highest BCUT2D eigenvalue weighted by atomic mass is 32.2. The predicted molar refractivity (Wildman–Crippen MR) is 104 cm³/mol. The topological polar surface area (TPSA) is 84.5 Å². The van der Waals surface area contributed by atoms with Gasteiger partial charge in [0.25, 0.3) is 5.91 Å². The molecule has 0 atom stereocenters. The van der Waals surface area contributed by atoms with Gasteiger partial charge in [0.2, 0.25) is 10.0 Å². The number of hydrogen-bond acceptors (Lipinski definition) is 4. The van der Waals surface area contributed by atoms with Gasteiger partial charge in [0, 0.05) is 0 Å². The maximum atomic E-state index is 12.3. The molecule has 2 rings (SSSR count). The molecule has 0 heterocycles. The largest absolute Gasteiger partial charge is 0.483 e. The van der Waals surface area contributed by atoms with E-state index in [-0.39, 0.29) is 18.4 Å². The van der Waals surface area contributed by atoms with Gasteiger partial charge in [-0.05, 0) is 42.2 Å². The lowest BCUT2D eigenvalue weighted by Crippen LogP contribution is -2.22. The van der Waals surface area contributed by atoms with E-state index in [9.17, 15) is 13.2 Å². The lowest BCUT2D eigenvalue weighted by molar-refractivity contribution is -0.118. The molecular weight excluding hydrogens is 352 g/mol. The van der Waals surface area contributed by atoms with Crippen LogP contribution in [-0.4, -0.2) is 27.2 Å². The number of benzene rings is 2. The fraction of sp³-hybridized carbons (Fsp3) is 0.316. The molecule has 0 unspecified atom stereocenters. The lowest BCUT2D eigenvalue weighted by atomic mass is 10.0. The van der Waals surface area contributed by atoms with E-state index in [2.05, 4.69) is 23.9 Å². The maximum Gasteiger partial charge on any atom is 0.262 e. The molecule has 2 aromatic rings. The van der Waals surface area contributed by atoms with Crippen molar-refractivity contribution in [3.05, 3.63) is 53.6 Å². The van der Waals surface area contributed by atoms with Gasteiger partial charge in [-0.3, -0.25) is 9.52 Å². The average Bonchev–Trinajstić information content (AvgIpc) is 2.53. The maximum absolute atomic E-state index is 12.3. The SMILES string of the molecule is Cc1ccc(C(C)C)c(OCC(=O)Nc2ccccc2NS(C)(=O)=O)c1. The Bertz CT molecular complexity index is 892. The van der Waals surface area contributed by atoms with E-state index in [0.717, 1.165) is 17.4 Å². The highest BCUT2D eigenvalue weighted by Gasteiger charge is 2.13. The van der Waals surface area contributed by atoms with Crippen molar-refractivity contribution in [2.75, 3.05) is 22.9 Å². The van der Waals surface area contributed by atoms with E-state index in [1.54, 1.807) is 24.3 Å². The number of rotatable bonds is 7. The number of hydrogen-bond donors (Lipinski definition) is 2. The van der Waals surface area contributed by atoms with Crippen LogP contribution in [0.4, 0.5) is 11.4 Å². The number of amides is 1. The minimum Gasteiger partial charge on any atom is -0.483 e. The Kier molecular flexibility index (Phi) is 6.26. The average molecular weight is 376 g/mol. The minimum atomic E-state index is -3.44. The van der Waals surface area contributed by atoms with Crippen LogP contribution in [0.15, 0.2) is 42.5 Å². The first-order valence-corrected chi connectivity index (χ1v) is 10.1. The molecule has 0 saturated carbocycles. The van der Waals surface area contributed by atoms with Crippen LogP contribution in [0, 0.1) is 6.92 Å². The summed E-state index contributed by atoms with van der Waals surface area (Å²) in [5.41, 5.74) is 2.76. The monoisotopic (exact) mass is 376 g/mol. The minimum absolute atomic E-state index is 0.170. The molecule has 0 radical (unpaired) electrons. The second kappa shape index (κ2) is 8.23. The molecule has 26 heavy (non-hydrogen) atoms. The quantitative estimate of drug-likeness (QED) is 0.774. The van der Waals surface area contributed by atoms with E-state index in [4.69, 9.17) is 4.74 Å². The van der Waals surface area contributed by atoms with Gasteiger partial charge in [0.05, 0.1) is 17.6 Å². The molecule has 140 valence electrons. The molecule has 2 aromatic carbocycles. The Morgan fingerprint density at radius 3 is 2.38 bits per heavy atom. The fourth-order valence-electron chi connectivity index (χ4n) is 2.45. The zero-order valence-corrected chi connectivity index (χ0v) is 16.2. The van der Waals surface area contributed by atoms with E-state index >= 15 is 0 Å². The van der Waals surface area contributed by atoms with Gasteiger partial charge in [-0.1, -0.05) is 38.1 Å². The number of para-hydroxylation sites is 2. The summed E-state index contributed by atoms with van der Waals surface area (Å²) in [5, 5.41) is 2.68. The molecule has 7 heteroatoms. The molecule has 0 aromatic heterocycles. The van der Waals surface area contributed by atoms with Crippen LogP contribution in [0.25, 0.3) is 0 Å². The van der Waals surface area contributed by atoms with Gasteiger partial charge < -0.3 is 10.1 Å². The summed E-state index contributed by atoms with van der Waals surface area (Å²) >= 11 is 0. The van der Waals surface area contributed by atoms with Crippen molar-refractivity contribution in [1.29, 1.82) is 0 Å². The number of anilines is 2. The summed E-state index contributed by atoms with van der Waals surface area (Å²) in [6, 6.07) is 12.5. The van der Waals surface area contributed by atoms with Crippen molar-refractivity contribution in [2.45, 2.75) is 26.7 Å². The summed E-state index contributed by atoms with van der Waals surface area (Å²) in [7, 11) is -3.44. The predicted octanol–water partition coefficient (Wildman–Crippen LogP) is 3.51. The van der Waals surface area contributed by atoms with E-state index in [0.29, 0.717) is 17.1 Å². The highest BCUT2D eigenvalue weighted by molar-refractivity contribution is 7.92. The Morgan fingerprint density at radius 1 is 1.12 bits per heavy atom. The van der Waals surface area contributed by atoms with Crippen LogP contribution in [0.1, 0.15) is 30.9 Å². The molecule has 0 aliphatic carbocycles. The zero-order valence-electron chi connectivity index (χ0n) is 15.4. The number of ether oxygens (including phenoxy) is 1. The summed E-state index contributed by atoms with van der Waals surface area (Å²) < 4.78 is 30.9. The summed E-state index contributed by atoms with van der Waals surface area (Å²) in [6.45, 7) is 5.91. The molecule has 0 saturated heterocycles. The van der Waals surface area contributed by atoms with Crippen molar-refractivity contribution < 1.29 is 17.9 Å². The number of aryl methyl sites for hydroxylation is 1. The van der Waals surface area contributed by atoms with Gasteiger partial charge >= 0.3 is 0 Å². The van der Waals surface area contributed by atoms with Gasteiger partial charge in [0.1, 0.15) is 5.75 Å². The Balaban J connectivity index is 2.08. The zero-order chi connectivity index (χ0) is 19.3. The van der Waals surface area contributed by atoms with E-state index in [1.165, 1.54) is 0 Å². The number of carbonyl (C=O) groups excluding carboxylic acids is 1.